The molecule has 0 bridgehead atoms. The number of aryl methyl sites for hydroxylation is 2. The van der Waals surface area contributed by atoms with E-state index in [-0.39, 0.29) is 12.5 Å². The number of hydrogen-bond donors (Lipinski definition) is 1. The Labute approximate surface area is 183 Å². The van der Waals surface area contributed by atoms with Crippen molar-refractivity contribution >= 4 is 27.5 Å². The summed E-state index contributed by atoms with van der Waals surface area (Å²) in [4.78, 5) is 38.6. The van der Waals surface area contributed by atoms with Crippen LogP contribution in [0, 0.1) is 13.8 Å². The first-order valence-electron chi connectivity index (χ1n) is 10.0. The van der Waals surface area contributed by atoms with Crippen molar-refractivity contribution in [3.63, 3.8) is 0 Å². The molecule has 31 heavy (non-hydrogen) atoms. The largest absolute Gasteiger partial charge is 0.350 e. The first kappa shape index (κ1) is 20.8. The molecule has 2 aromatic carbocycles. The number of thiophene rings is 1. The van der Waals surface area contributed by atoms with Crippen LogP contribution in [-0.4, -0.2) is 15.0 Å². The minimum atomic E-state index is -0.484. The number of hydrogen-bond acceptors (Lipinski definition) is 4. The molecule has 0 saturated heterocycles. The van der Waals surface area contributed by atoms with Gasteiger partial charge in [0.05, 0.1) is 12.1 Å². The van der Waals surface area contributed by atoms with Crippen molar-refractivity contribution in [3.05, 3.63) is 103 Å². The van der Waals surface area contributed by atoms with Gasteiger partial charge in [0.25, 0.3) is 5.56 Å². The van der Waals surface area contributed by atoms with Crippen molar-refractivity contribution < 1.29 is 4.79 Å². The molecule has 0 unspecified atom stereocenters. The van der Waals surface area contributed by atoms with Crippen molar-refractivity contribution in [2.45, 2.75) is 33.5 Å². The van der Waals surface area contributed by atoms with Crippen LogP contribution in [0.4, 0.5) is 0 Å². The third kappa shape index (κ3) is 4.51. The van der Waals surface area contributed by atoms with Crippen LogP contribution in [-0.2, 0) is 24.4 Å². The minimum absolute atomic E-state index is 0.314. The smallest absolute Gasteiger partial charge is 0.332 e. The molecule has 2 aromatic heterocycles. The number of fused-ring (bicyclic) bond motifs is 1. The lowest BCUT2D eigenvalue weighted by Crippen LogP contribution is -2.43. The molecule has 2 heterocycles. The topological polar surface area (TPSA) is 73.1 Å². The van der Waals surface area contributed by atoms with E-state index in [0.29, 0.717) is 23.3 Å². The van der Waals surface area contributed by atoms with Crippen LogP contribution in [0.15, 0.2) is 69.6 Å². The molecule has 0 atom stereocenters. The van der Waals surface area contributed by atoms with E-state index in [9.17, 15) is 14.4 Å². The molecule has 7 heteroatoms. The second kappa shape index (κ2) is 8.73. The van der Waals surface area contributed by atoms with Gasteiger partial charge in [0.2, 0.25) is 5.91 Å². The third-order valence-electron chi connectivity index (χ3n) is 5.21. The molecule has 4 aromatic rings. The van der Waals surface area contributed by atoms with Crippen molar-refractivity contribution in [3.8, 4) is 0 Å². The Morgan fingerprint density at radius 2 is 1.48 bits per heavy atom. The van der Waals surface area contributed by atoms with Gasteiger partial charge >= 0.3 is 5.69 Å². The number of benzene rings is 2. The van der Waals surface area contributed by atoms with Crippen LogP contribution < -0.4 is 16.6 Å². The van der Waals surface area contributed by atoms with Gasteiger partial charge in [-0.3, -0.25) is 14.2 Å². The van der Waals surface area contributed by atoms with Gasteiger partial charge in [-0.15, -0.1) is 11.3 Å². The highest BCUT2D eigenvalue weighted by Gasteiger charge is 2.16. The highest BCUT2D eigenvalue weighted by molar-refractivity contribution is 7.17. The number of rotatable bonds is 6. The van der Waals surface area contributed by atoms with E-state index in [1.165, 1.54) is 11.3 Å². The van der Waals surface area contributed by atoms with Crippen LogP contribution in [0.25, 0.3) is 10.2 Å². The van der Waals surface area contributed by atoms with E-state index in [2.05, 4.69) is 5.32 Å². The Morgan fingerprint density at radius 1 is 0.871 bits per heavy atom. The monoisotopic (exact) mass is 433 g/mol. The van der Waals surface area contributed by atoms with Gasteiger partial charge < -0.3 is 5.32 Å². The number of carbonyl (C=O) groups excluding carboxylic acids is 1. The summed E-state index contributed by atoms with van der Waals surface area (Å²) in [5, 5.41) is 4.59. The molecule has 0 aliphatic heterocycles. The molecule has 1 N–H and O–H groups in total. The Morgan fingerprint density at radius 3 is 2.13 bits per heavy atom. The van der Waals surface area contributed by atoms with Crippen molar-refractivity contribution in [2.24, 2.45) is 0 Å². The first-order valence-corrected chi connectivity index (χ1v) is 10.9. The Kier molecular flexibility index (Phi) is 5.86. The standard InChI is InChI=1S/C24H23N3O3S/c1-16-3-7-18(8-4-16)13-25-21(28)15-27-23(29)22-20(11-12-31-22)26(24(27)30)14-19-9-5-17(2)6-10-19/h3-12H,13-15H2,1-2H3,(H,25,28). The van der Waals surface area contributed by atoms with Gasteiger partial charge in [-0.05, 0) is 36.4 Å². The van der Waals surface area contributed by atoms with Gasteiger partial charge in [-0.25, -0.2) is 9.36 Å². The van der Waals surface area contributed by atoms with Gasteiger partial charge in [0, 0.05) is 6.54 Å². The van der Waals surface area contributed by atoms with E-state index in [1.54, 1.807) is 16.0 Å². The van der Waals surface area contributed by atoms with Crippen LogP contribution in [0.2, 0.25) is 0 Å². The summed E-state index contributed by atoms with van der Waals surface area (Å²) >= 11 is 1.28. The quantitative estimate of drug-likeness (QED) is 0.508. The molecule has 0 aliphatic rings. The van der Waals surface area contributed by atoms with Gasteiger partial charge in [0.15, 0.2) is 0 Å². The molecule has 0 saturated carbocycles. The third-order valence-corrected chi connectivity index (χ3v) is 6.10. The van der Waals surface area contributed by atoms with E-state index >= 15 is 0 Å². The van der Waals surface area contributed by atoms with E-state index < -0.39 is 11.2 Å². The number of carbonyl (C=O) groups is 1. The summed E-state index contributed by atoms with van der Waals surface area (Å²) in [5.74, 6) is -0.377. The van der Waals surface area contributed by atoms with E-state index in [0.717, 1.165) is 26.8 Å². The highest BCUT2D eigenvalue weighted by atomic mass is 32.1. The van der Waals surface area contributed by atoms with Crippen LogP contribution in [0.5, 0.6) is 0 Å². The maximum absolute atomic E-state index is 13.2. The Bertz CT molecular complexity index is 1350. The SMILES string of the molecule is Cc1ccc(CNC(=O)Cn2c(=O)c3sccc3n(Cc3ccc(C)cc3)c2=O)cc1. The molecule has 0 aliphatic carbocycles. The van der Waals surface area contributed by atoms with Crippen molar-refractivity contribution in [1.82, 2.24) is 14.5 Å². The second-order valence-corrected chi connectivity index (χ2v) is 8.56. The fraction of sp³-hybridized carbons (Fsp3) is 0.208. The number of aromatic nitrogens is 2. The summed E-state index contributed by atoms with van der Waals surface area (Å²) in [6.45, 7) is 4.36. The lowest BCUT2D eigenvalue weighted by atomic mass is 10.1. The van der Waals surface area contributed by atoms with Gasteiger partial charge in [0.1, 0.15) is 11.2 Å². The zero-order valence-corrected chi connectivity index (χ0v) is 18.2. The van der Waals surface area contributed by atoms with Crippen LogP contribution >= 0.6 is 11.3 Å². The zero-order chi connectivity index (χ0) is 22.0. The molecular formula is C24H23N3O3S. The summed E-state index contributed by atoms with van der Waals surface area (Å²) < 4.78 is 3.06. The number of amides is 1. The first-order chi connectivity index (χ1) is 14.9. The van der Waals surface area contributed by atoms with Crippen LogP contribution in [0.3, 0.4) is 0 Å². The van der Waals surface area contributed by atoms with E-state index in [1.807, 2.05) is 62.4 Å². The van der Waals surface area contributed by atoms with Crippen molar-refractivity contribution in [2.75, 3.05) is 0 Å². The van der Waals surface area contributed by atoms with Gasteiger partial charge in [-0.1, -0.05) is 59.7 Å². The van der Waals surface area contributed by atoms with E-state index in [4.69, 9.17) is 0 Å². The Hall–Kier alpha value is -3.45. The molecule has 0 spiro atoms. The Balaban J connectivity index is 1.62. The van der Waals surface area contributed by atoms with Crippen LogP contribution in [0.1, 0.15) is 22.3 Å². The summed E-state index contributed by atoms with van der Waals surface area (Å²) in [7, 11) is 0. The maximum Gasteiger partial charge on any atom is 0.332 e. The molecule has 1 amide bonds. The molecule has 6 nitrogen and oxygen atoms in total. The fourth-order valence-electron chi connectivity index (χ4n) is 3.41. The summed E-state index contributed by atoms with van der Waals surface area (Å²) in [5.41, 5.74) is 3.86. The summed E-state index contributed by atoms with van der Waals surface area (Å²) in [6.07, 6.45) is 0. The maximum atomic E-state index is 13.2. The minimum Gasteiger partial charge on any atom is -0.350 e. The molecular weight excluding hydrogens is 410 g/mol. The van der Waals surface area contributed by atoms with Crippen molar-refractivity contribution in [1.29, 1.82) is 0 Å². The second-order valence-electron chi connectivity index (χ2n) is 7.64. The molecule has 0 fully saturated rings. The fourth-order valence-corrected chi connectivity index (χ4v) is 4.25. The molecule has 158 valence electrons. The van der Waals surface area contributed by atoms with Gasteiger partial charge in [-0.2, -0.15) is 0 Å². The highest BCUT2D eigenvalue weighted by Crippen LogP contribution is 2.16. The normalized spacial score (nSPS) is 11.0. The average molecular weight is 434 g/mol. The number of nitrogens with one attached hydrogen (secondary N) is 1. The predicted molar refractivity (Wildman–Crippen MR) is 124 cm³/mol. The molecule has 0 radical (unpaired) electrons. The number of nitrogens with zero attached hydrogens (tertiary/aromatic N) is 2. The molecule has 4 rings (SSSR count). The lowest BCUT2D eigenvalue weighted by Gasteiger charge is -2.13. The lowest BCUT2D eigenvalue weighted by molar-refractivity contribution is -0.121. The average Bonchev–Trinajstić information content (AvgIpc) is 3.25. The summed E-state index contributed by atoms with van der Waals surface area (Å²) in [6, 6.07) is 17.5. The predicted octanol–water partition coefficient (Wildman–Crippen LogP) is 3.21. The zero-order valence-electron chi connectivity index (χ0n) is 17.4.